The molecule has 28 heavy (non-hydrogen) atoms. The number of rotatable bonds is 8. The molecule has 1 aromatic heterocycles. The Morgan fingerprint density at radius 1 is 0.786 bits per heavy atom. The zero-order valence-electron chi connectivity index (χ0n) is 16.0. The summed E-state index contributed by atoms with van der Waals surface area (Å²) in [7, 11) is 0. The molecule has 0 unspecified atom stereocenters. The lowest BCUT2D eigenvalue weighted by Gasteiger charge is -2.10. The van der Waals surface area contributed by atoms with Gasteiger partial charge in [0.25, 0.3) is 0 Å². The Bertz CT molecular complexity index is 927. The quantitative estimate of drug-likeness (QED) is 0.462. The number of aromatic nitrogens is 1. The summed E-state index contributed by atoms with van der Waals surface area (Å²) in [6.07, 6.45) is 0. The summed E-state index contributed by atoms with van der Waals surface area (Å²) >= 11 is 0. The first-order valence-electron chi connectivity index (χ1n) is 9.10. The van der Waals surface area contributed by atoms with Gasteiger partial charge < -0.3 is 20.1 Å². The molecule has 7 nitrogen and oxygen atoms in total. The minimum absolute atomic E-state index is 0.0784. The van der Waals surface area contributed by atoms with Crippen molar-refractivity contribution in [3.05, 3.63) is 42.5 Å². The number of fused-ring (bicyclic) bond motifs is 2. The molecule has 0 saturated heterocycles. The number of hydrogen-bond acceptors (Lipinski definition) is 5. The summed E-state index contributed by atoms with van der Waals surface area (Å²) in [5, 5.41) is 7.42. The summed E-state index contributed by atoms with van der Waals surface area (Å²) in [5.74, 6) is 1.25. The molecule has 3 rings (SSSR count). The van der Waals surface area contributed by atoms with Crippen LogP contribution in [-0.4, -0.2) is 43.1 Å². The second kappa shape index (κ2) is 9.03. The number of carbonyl (C=O) groups excluding carboxylic acids is 2. The van der Waals surface area contributed by atoms with Crippen molar-refractivity contribution in [1.29, 1.82) is 0 Å². The van der Waals surface area contributed by atoms with E-state index < -0.39 is 0 Å². The van der Waals surface area contributed by atoms with Crippen LogP contribution in [0.1, 0.15) is 13.8 Å². The third-order valence-electron chi connectivity index (χ3n) is 4.05. The van der Waals surface area contributed by atoms with Crippen molar-refractivity contribution in [2.75, 3.05) is 26.3 Å². The number of nitrogens with one attached hydrogen (secondary N) is 2. The SMILES string of the molecule is CC(=O)NCCOc1ccc2cc3ccc(OCCNC(C)=O)cc3nc2c1. The average molecular weight is 381 g/mol. The van der Waals surface area contributed by atoms with Crippen LogP contribution in [0.3, 0.4) is 0 Å². The van der Waals surface area contributed by atoms with E-state index in [-0.39, 0.29) is 11.8 Å². The maximum Gasteiger partial charge on any atom is 0.216 e. The summed E-state index contributed by atoms with van der Waals surface area (Å²) in [4.78, 5) is 26.5. The highest BCUT2D eigenvalue weighted by molar-refractivity contribution is 5.93. The minimum Gasteiger partial charge on any atom is -0.492 e. The van der Waals surface area contributed by atoms with Gasteiger partial charge in [0.1, 0.15) is 24.7 Å². The van der Waals surface area contributed by atoms with Crippen LogP contribution in [0.4, 0.5) is 0 Å². The monoisotopic (exact) mass is 381 g/mol. The highest BCUT2D eigenvalue weighted by Crippen LogP contribution is 2.26. The van der Waals surface area contributed by atoms with E-state index in [2.05, 4.69) is 16.7 Å². The van der Waals surface area contributed by atoms with E-state index in [0.29, 0.717) is 37.8 Å². The fourth-order valence-corrected chi connectivity index (χ4v) is 2.75. The van der Waals surface area contributed by atoms with Crippen LogP contribution in [0, 0.1) is 0 Å². The Morgan fingerprint density at radius 2 is 1.25 bits per heavy atom. The van der Waals surface area contributed by atoms with Crippen LogP contribution in [0.5, 0.6) is 11.5 Å². The van der Waals surface area contributed by atoms with Gasteiger partial charge >= 0.3 is 0 Å². The number of amides is 2. The molecule has 0 fully saturated rings. The van der Waals surface area contributed by atoms with Crippen LogP contribution < -0.4 is 20.1 Å². The lowest BCUT2D eigenvalue weighted by molar-refractivity contribution is -0.119. The number of carbonyl (C=O) groups is 2. The van der Waals surface area contributed by atoms with Crippen molar-refractivity contribution in [2.45, 2.75) is 13.8 Å². The highest BCUT2D eigenvalue weighted by atomic mass is 16.5. The summed E-state index contributed by atoms with van der Waals surface area (Å²) in [6.45, 7) is 4.65. The topological polar surface area (TPSA) is 89.5 Å². The number of hydrogen-bond donors (Lipinski definition) is 2. The van der Waals surface area contributed by atoms with Crippen LogP contribution >= 0.6 is 0 Å². The van der Waals surface area contributed by atoms with Gasteiger partial charge in [-0.3, -0.25) is 9.59 Å². The van der Waals surface area contributed by atoms with E-state index in [0.717, 1.165) is 21.8 Å². The van der Waals surface area contributed by atoms with Crippen molar-refractivity contribution < 1.29 is 19.1 Å². The third kappa shape index (κ3) is 5.33. The smallest absolute Gasteiger partial charge is 0.216 e. The van der Waals surface area contributed by atoms with Gasteiger partial charge in [0.2, 0.25) is 11.8 Å². The van der Waals surface area contributed by atoms with Crippen LogP contribution in [-0.2, 0) is 9.59 Å². The second-order valence-electron chi connectivity index (χ2n) is 6.36. The van der Waals surface area contributed by atoms with E-state index >= 15 is 0 Å². The van der Waals surface area contributed by atoms with Gasteiger partial charge in [-0.25, -0.2) is 4.98 Å². The number of benzene rings is 2. The predicted octanol–water partition coefficient (Wildman–Crippen LogP) is 2.42. The lowest BCUT2D eigenvalue weighted by atomic mass is 10.1. The van der Waals surface area contributed by atoms with Gasteiger partial charge in [0, 0.05) is 36.8 Å². The molecule has 0 aliphatic carbocycles. The van der Waals surface area contributed by atoms with Crippen molar-refractivity contribution in [3.63, 3.8) is 0 Å². The first-order valence-corrected chi connectivity index (χ1v) is 9.10. The zero-order chi connectivity index (χ0) is 19.9. The fourth-order valence-electron chi connectivity index (χ4n) is 2.75. The Kier molecular flexibility index (Phi) is 6.26. The Balaban J connectivity index is 1.72. The molecule has 0 saturated carbocycles. The molecule has 0 aliphatic rings. The molecule has 2 amide bonds. The molecule has 0 aliphatic heterocycles. The van der Waals surface area contributed by atoms with Crippen molar-refractivity contribution >= 4 is 33.6 Å². The molecule has 2 aromatic carbocycles. The Morgan fingerprint density at radius 3 is 1.68 bits per heavy atom. The lowest BCUT2D eigenvalue weighted by Crippen LogP contribution is -2.25. The fraction of sp³-hybridized carbons (Fsp3) is 0.286. The van der Waals surface area contributed by atoms with Crippen LogP contribution in [0.15, 0.2) is 42.5 Å². The molecule has 0 spiro atoms. The normalized spacial score (nSPS) is 10.6. The molecule has 2 N–H and O–H groups in total. The van der Waals surface area contributed by atoms with Gasteiger partial charge in [-0.05, 0) is 30.3 Å². The summed E-state index contributed by atoms with van der Waals surface area (Å²) in [6, 6.07) is 13.5. The Labute approximate surface area is 163 Å². The molecule has 146 valence electrons. The Hall–Kier alpha value is -3.35. The predicted molar refractivity (Wildman–Crippen MR) is 108 cm³/mol. The highest BCUT2D eigenvalue weighted by Gasteiger charge is 2.04. The first-order chi connectivity index (χ1) is 13.5. The van der Waals surface area contributed by atoms with E-state index in [1.54, 1.807) is 0 Å². The van der Waals surface area contributed by atoms with E-state index in [1.807, 2.05) is 36.4 Å². The van der Waals surface area contributed by atoms with Crippen LogP contribution in [0.25, 0.3) is 21.8 Å². The molecule has 0 atom stereocenters. The molecule has 3 aromatic rings. The minimum atomic E-state index is -0.0784. The van der Waals surface area contributed by atoms with E-state index in [4.69, 9.17) is 14.5 Å². The number of nitrogens with zero attached hydrogens (tertiary/aromatic N) is 1. The first kappa shape index (κ1) is 19.4. The number of ether oxygens (including phenoxy) is 2. The van der Waals surface area contributed by atoms with Gasteiger partial charge in [0.15, 0.2) is 0 Å². The van der Waals surface area contributed by atoms with Crippen molar-refractivity contribution in [3.8, 4) is 11.5 Å². The van der Waals surface area contributed by atoms with Gasteiger partial charge in [-0.2, -0.15) is 0 Å². The molecule has 0 bridgehead atoms. The molecule has 1 heterocycles. The largest absolute Gasteiger partial charge is 0.492 e. The standard InChI is InChI=1S/C21H23N3O4/c1-14(25)22-7-9-27-18-5-3-16-11-17-4-6-19(28-10-8-23-15(2)26)13-21(17)24-20(16)12-18/h3-6,11-13H,7-10H2,1-2H3,(H,22,25)(H,23,26). The zero-order valence-corrected chi connectivity index (χ0v) is 16.0. The number of pyridine rings is 1. The molecular weight excluding hydrogens is 358 g/mol. The van der Waals surface area contributed by atoms with Crippen LogP contribution in [0.2, 0.25) is 0 Å². The van der Waals surface area contributed by atoms with Gasteiger partial charge in [0.05, 0.1) is 24.1 Å². The maximum absolute atomic E-state index is 10.9. The molecule has 0 radical (unpaired) electrons. The summed E-state index contributed by atoms with van der Waals surface area (Å²) in [5.41, 5.74) is 1.64. The maximum atomic E-state index is 10.9. The molecule has 7 heteroatoms. The third-order valence-corrected chi connectivity index (χ3v) is 4.05. The van der Waals surface area contributed by atoms with E-state index in [9.17, 15) is 9.59 Å². The van der Waals surface area contributed by atoms with Crippen molar-refractivity contribution in [2.24, 2.45) is 0 Å². The molecular formula is C21H23N3O4. The average Bonchev–Trinajstić information content (AvgIpc) is 2.66. The van der Waals surface area contributed by atoms with Crippen molar-refractivity contribution in [1.82, 2.24) is 15.6 Å². The van der Waals surface area contributed by atoms with Gasteiger partial charge in [-0.15, -0.1) is 0 Å². The van der Waals surface area contributed by atoms with Gasteiger partial charge in [-0.1, -0.05) is 0 Å². The van der Waals surface area contributed by atoms with E-state index in [1.165, 1.54) is 13.8 Å². The summed E-state index contributed by atoms with van der Waals surface area (Å²) < 4.78 is 11.3. The second-order valence-corrected chi connectivity index (χ2v) is 6.36.